The van der Waals surface area contributed by atoms with Crippen LogP contribution in [0.25, 0.3) is 6.08 Å². The standard InChI is InChI=1S/C28H27Cl2N5O4/c29-20-7-4-19(5-8-20)6-10-25(36)34-24(15-22-3-1-2-13-31-22)28(38)33-17-27(37)35-14-12-23(18-35)39-26-11-9-21(30)16-32-26/h1-11,13,16,23-24H,12,14-15,17-18H2,(H,33,38)(H,34,36)/b10-6+/t23-,24+/m1/s1. The van der Waals surface area contributed by atoms with Gasteiger partial charge >= 0.3 is 0 Å². The summed E-state index contributed by atoms with van der Waals surface area (Å²) in [4.78, 5) is 48.4. The lowest BCUT2D eigenvalue weighted by molar-refractivity contribution is -0.133. The number of benzene rings is 1. The van der Waals surface area contributed by atoms with Crippen molar-refractivity contribution < 1.29 is 19.1 Å². The molecule has 202 valence electrons. The second-order valence-corrected chi connectivity index (χ2v) is 9.74. The molecule has 0 spiro atoms. The third-order valence-electron chi connectivity index (χ3n) is 5.97. The number of hydrogen-bond donors (Lipinski definition) is 2. The zero-order valence-corrected chi connectivity index (χ0v) is 22.4. The maximum Gasteiger partial charge on any atom is 0.244 e. The van der Waals surface area contributed by atoms with Gasteiger partial charge in [-0.15, -0.1) is 0 Å². The molecule has 3 amide bonds. The minimum atomic E-state index is -0.930. The predicted octanol–water partition coefficient (Wildman–Crippen LogP) is 3.32. The van der Waals surface area contributed by atoms with Gasteiger partial charge in [-0.2, -0.15) is 0 Å². The zero-order chi connectivity index (χ0) is 27.6. The average Bonchev–Trinajstić information content (AvgIpc) is 3.41. The van der Waals surface area contributed by atoms with Crippen molar-refractivity contribution in [3.63, 3.8) is 0 Å². The number of nitrogens with one attached hydrogen (secondary N) is 2. The van der Waals surface area contributed by atoms with Crippen LogP contribution in [-0.4, -0.2) is 64.4 Å². The van der Waals surface area contributed by atoms with Gasteiger partial charge in [0.1, 0.15) is 12.1 Å². The summed E-state index contributed by atoms with van der Waals surface area (Å²) in [5.74, 6) is -0.753. The fourth-order valence-electron chi connectivity index (χ4n) is 3.95. The Morgan fingerprint density at radius 2 is 1.85 bits per heavy atom. The van der Waals surface area contributed by atoms with E-state index in [1.165, 1.54) is 12.3 Å². The number of rotatable bonds is 10. The molecule has 0 radical (unpaired) electrons. The molecule has 0 aliphatic carbocycles. The highest BCUT2D eigenvalue weighted by Crippen LogP contribution is 2.18. The summed E-state index contributed by atoms with van der Waals surface area (Å²) in [5.41, 5.74) is 1.41. The van der Waals surface area contributed by atoms with Gasteiger partial charge < -0.3 is 20.3 Å². The van der Waals surface area contributed by atoms with E-state index in [2.05, 4.69) is 20.6 Å². The van der Waals surface area contributed by atoms with Crippen LogP contribution in [0.5, 0.6) is 5.88 Å². The lowest BCUT2D eigenvalue weighted by atomic mass is 10.1. The van der Waals surface area contributed by atoms with Gasteiger partial charge in [0.15, 0.2) is 0 Å². The Kier molecular flexibility index (Phi) is 9.88. The van der Waals surface area contributed by atoms with E-state index in [1.54, 1.807) is 71.8 Å². The van der Waals surface area contributed by atoms with Crippen LogP contribution < -0.4 is 15.4 Å². The van der Waals surface area contributed by atoms with Gasteiger partial charge in [0.25, 0.3) is 0 Å². The number of aromatic nitrogens is 2. The van der Waals surface area contributed by atoms with Gasteiger partial charge in [-0.25, -0.2) is 4.98 Å². The van der Waals surface area contributed by atoms with Crippen molar-refractivity contribution >= 4 is 47.0 Å². The first-order valence-electron chi connectivity index (χ1n) is 12.3. The van der Waals surface area contributed by atoms with Crippen LogP contribution in [0.2, 0.25) is 10.0 Å². The normalized spacial score (nSPS) is 15.6. The first-order chi connectivity index (χ1) is 18.9. The van der Waals surface area contributed by atoms with E-state index in [4.69, 9.17) is 27.9 Å². The van der Waals surface area contributed by atoms with E-state index in [-0.39, 0.29) is 25.0 Å². The number of hydrogen-bond acceptors (Lipinski definition) is 6. The number of halogens is 2. The number of pyridine rings is 2. The second-order valence-electron chi connectivity index (χ2n) is 8.87. The molecule has 1 aromatic carbocycles. The summed E-state index contributed by atoms with van der Waals surface area (Å²) in [5, 5.41) is 6.47. The van der Waals surface area contributed by atoms with E-state index < -0.39 is 17.9 Å². The van der Waals surface area contributed by atoms with Crippen molar-refractivity contribution in [3.05, 3.63) is 94.4 Å². The Balaban J connectivity index is 1.31. The molecule has 0 unspecified atom stereocenters. The number of carbonyl (C=O) groups excluding carboxylic acids is 3. The summed E-state index contributed by atoms with van der Waals surface area (Å²) in [6, 6.07) is 14.7. The van der Waals surface area contributed by atoms with Crippen LogP contribution in [0.3, 0.4) is 0 Å². The largest absolute Gasteiger partial charge is 0.472 e. The molecule has 0 saturated carbocycles. The molecule has 11 heteroatoms. The highest BCUT2D eigenvalue weighted by atomic mass is 35.5. The maximum atomic E-state index is 13.0. The Morgan fingerprint density at radius 3 is 2.56 bits per heavy atom. The SMILES string of the molecule is O=C(/C=C/c1ccc(Cl)cc1)N[C@@H](Cc1ccccn1)C(=O)NCC(=O)N1CC[C@@H](Oc2ccc(Cl)cn2)C1. The first kappa shape index (κ1) is 28.1. The summed E-state index contributed by atoms with van der Waals surface area (Å²) in [7, 11) is 0. The van der Waals surface area contributed by atoms with Crippen LogP contribution in [0.1, 0.15) is 17.7 Å². The van der Waals surface area contributed by atoms with Crippen LogP contribution in [0.4, 0.5) is 0 Å². The molecule has 39 heavy (non-hydrogen) atoms. The van der Waals surface area contributed by atoms with Crippen molar-refractivity contribution in [3.8, 4) is 5.88 Å². The van der Waals surface area contributed by atoms with Crippen LogP contribution in [0, 0.1) is 0 Å². The molecule has 3 aromatic rings. The van der Waals surface area contributed by atoms with E-state index in [1.807, 2.05) is 0 Å². The average molecular weight is 568 g/mol. The van der Waals surface area contributed by atoms with Crippen molar-refractivity contribution in [2.45, 2.75) is 25.0 Å². The Morgan fingerprint density at radius 1 is 1.05 bits per heavy atom. The molecule has 2 atom stereocenters. The molecule has 4 rings (SSSR count). The topological polar surface area (TPSA) is 114 Å². The molecule has 0 bridgehead atoms. The minimum absolute atomic E-state index is 0.162. The van der Waals surface area contributed by atoms with E-state index in [9.17, 15) is 14.4 Å². The molecule has 2 N–H and O–H groups in total. The summed E-state index contributed by atoms with van der Waals surface area (Å²) in [6.07, 6.45) is 6.67. The molecule has 9 nitrogen and oxygen atoms in total. The fourth-order valence-corrected chi connectivity index (χ4v) is 4.19. The van der Waals surface area contributed by atoms with Gasteiger partial charge in [-0.1, -0.05) is 41.4 Å². The highest BCUT2D eigenvalue weighted by Gasteiger charge is 2.29. The predicted molar refractivity (Wildman–Crippen MR) is 148 cm³/mol. The van der Waals surface area contributed by atoms with E-state index in [0.29, 0.717) is 41.1 Å². The quantitative estimate of drug-likeness (QED) is 0.363. The molecule has 1 aliphatic heterocycles. The lowest BCUT2D eigenvalue weighted by Crippen LogP contribution is -2.50. The van der Waals surface area contributed by atoms with Crippen LogP contribution >= 0.6 is 23.2 Å². The van der Waals surface area contributed by atoms with Gasteiger partial charge in [-0.3, -0.25) is 19.4 Å². The maximum absolute atomic E-state index is 13.0. The highest BCUT2D eigenvalue weighted by molar-refractivity contribution is 6.30. The lowest BCUT2D eigenvalue weighted by Gasteiger charge is -2.20. The van der Waals surface area contributed by atoms with E-state index in [0.717, 1.165) is 5.56 Å². The number of amides is 3. The summed E-state index contributed by atoms with van der Waals surface area (Å²) < 4.78 is 5.83. The number of ether oxygens (including phenoxy) is 1. The van der Waals surface area contributed by atoms with Crippen LogP contribution in [0.15, 0.2) is 73.1 Å². The third kappa shape index (κ3) is 8.80. The molecule has 1 fully saturated rings. The molecular weight excluding hydrogens is 541 g/mol. The molecule has 1 saturated heterocycles. The fraction of sp³-hybridized carbons (Fsp3) is 0.250. The van der Waals surface area contributed by atoms with E-state index >= 15 is 0 Å². The number of likely N-dealkylation sites (tertiary alicyclic amines) is 1. The monoisotopic (exact) mass is 567 g/mol. The van der Waals surface area contributed by atoms with Crippen molar-refractivity contribution in [1.29, 1.82) is 0 Å². The Labute approximate surface area is 236 Å². The third-order valence-corrected chi connectivity index (χ3v) is 6.44. The van der Waals surface area contributed by atoms with Gasteiger partial charge in [0.05, 0.1) is 18.1 Å². The molecular formula is C28H27Cl2N5O4. The molecule has 3 heterocycles. The summed E-state index contributed by atoms with van der Waals surface area (Å²) >= 11 is 11.8. The first-order valence-corrected chi connectivity index (χ1v) is 13.1. The Hall–Kier alpha value is -3.95. The number of carbonyl (C=O) groups is 3. The number of nitrogens with zero attached hydrogens (tertiary/aromatic N) is 3. The Bertz CT molecular complexity index is 1300. The van der Waals surface area contributed by atoms with Crippen molar-refractivity contribution in [1.82, 2.24) is 25.5 Å². The zero-order valence-electron chi connectivity index (χ0n) is 20.9. The van der Waals surface area contributed by atoms with Gasteiger partial charge in [0, 0.05) is 54.6 Å². The second kappa shape index (κ2) is 13.7. The molecule has 2 aromatic heterocycles. The van der Waals surface area contributed by atoms with Crippen molar-refractivity contribution in [2.24, 2.45) is 0 Å². The smallest absolute Gasteiger partial charge is 0.244 e. The molecule has 1 aliphatic rings. The van der Waals surface area contributed by atoms with Gasteiger partial charge in [-0.05, 0) is 42.0 Å². The van der Waals surface area contributed by atoms with Gasteiger partial charge in [0.2, 0.25) is 23.6 Å². The van der Waals surface area contributed by atoms with Crippen molar-refractivity contribution in [2.75, 3.05) is 19.6 Å². The van der Waals surface area contributed by atoms with Crippen LogP contribution in [-0.2, 0) is 20.8 Å². The minimum Gasteiger partial charge on any atom is -0.472 e. The summed E-state index contributed by atoms with van der Waals surface area (Å²) in [6.45, 7) is 0.666.